The van der Waals surface area contributed by atoms with Crippen LogP contribution >= 0.6 is 23.1 Å². The Labute approximate surface area is 230 Å². The maximum absolute atomic E-state index is 12.4. The fourth-order valence-electron chi connectivity index (χ4n) is 4.19. The van der Waals surface area contributed by atoms with Crippen molar-refractivity contribution in [2.75, 3.05) is 5.75 Å². The van der Waals surface area contributed by atoms with Gasteiger partial charge >= 0.3 is 0 Å². The number of aryl methyl sites for hydroxylation is 1. The van der Waals surface area contributed by atoms with Crippen LogP contribution < -0.4 is 5.32 Å². The lowest BCUT2D eigenvalue weighted by Gasteiger charge is -2.36. The number of carbonyl (C=O) groups excluding carboxylic acids is 1. The van der Waals surface area contributed by atoms with Gasteiger partial charge in [-0.05, 0) is 35.7 Å². The highest BCUT2D eigenvalue weighted by Crippen LogP contribution is 2.39. The van der Waals surface area contributed by atoms with E-state index < -0.39 is 6.29 Å². The van der Waals surface area contributed by atoms with Crippen molar-refractivity contribution in [3.8, 4) is 0 Å². The van der Waals surface area contributed by atoms with Crippen LogP contribution in [0.25, 0.3) is 0 Å². The lowest BCUT2D eigenvalue weighted by atomic mass is 10.0. The maximum Gasteiger partial charge on any atom is 0.251 e. The third kappa shape index (κ3) is 6.86. The quantitative estimate of drug-likeness (QED) is 0.263. The molecule has 1 amide bonds. The summed E-state index contributed by atoms with van der Waals surface area (Å²) >= 11 is 3.23. The fourth-order valence-corrected chi connectivity index (χ4v) is 6.05. The van der Waals surface area contributed by atoms with Crippen molar-refractivity contribution >= 4 is 29.0 Å². The molecule has 3 atom stereocenters. The molecule has 2 N–H and O–H groups in total. The molecule has 0 radical (unpaired) electrons. The van der Waals surface area contributed by atoms with E-state index in [4.69, 9.17) is 9.47 Å². The van der Waals surface area contributed by atoms with Crippen molar-refractivity contribution in [2.45, 2.75) is 49.3 Å². The molecule has 0 aliphatic carbocycles. The maximum atomic E-state index is 12.4. The van der Waals surface area contributed by atoms with E-state index in [0.717, 1.165) is 37.4 Å². The number of hydrogen-bond donors (Lipinski definition) is 2. The monoisotopic (exact) mass is 547 g/mol. The molecule has 4 aromatic rings. The Bertz CT molecular complexity index is 1330. The van der Waals surface area contributed by atoms with Crippen LogP contribution in [-0.2, 0) is 22.6 Å². The minimum Gasteiger partial charge on any atom is -0.392 e. The summed E-state index contributed by atoms with van der Waals surface area (Å²) in [5.74, 6) is 0.637. The molecule has 2 heterocycles. The molecule has 0 unspecified atom stereocenters. The van der Waals surface area contributed by atoms with Crippen LogP contribution in [0.3, 0.4) is 0 Å². The zero-order valence-electron chi connectivity index (χ0n) is 20.9. The molecular formula is C29H29N3O4S2. The average Bonchev–Trinajstić information content (AvgIpc) is 3.40. The van der Waals surface area contributed by atoms with Gasteiger partial charge in [-0.3, -0.25) is 4.79 Å². The van der Waals surface area contributed by atoms with Crippen molar-refractivity contribution < 1.29 is 19.4 Å². The van der Waals surface area contributed by atoms with Gasteiger partial charge in [-0.2, -0.15) is 0 Å². The first-order chi connectivity index (χ1) is 18.6. The van der Waals surface area contributed by atoms with E-state index >= 15 is 0 Å². The van der Waals surface area contributed by atoms with E-state index in [1.807, 2.05) is 73.7 Å². The average molecular weight is 548 g/mol. The first-order valence-electron chi connectivity index (χ1n) is 12.4. The number of aromatic nitrogens is 2. The van der Waals surface area contributed by atoms with Crippen LogP contribution in [0.1, 0.15) is 56.4 Å². The Morgan fingerprint density at radius 3 is 2.37 bits per heavy atom. The van der Waals surface area contributed by atoms with Crippen LogP contribution in [0, 0.1) is 6.92 Å². The topological polar surface area (TPSA) is 93.6 Å². The molecule has 1 saturated heterocycles. The molecule has 3 aromatic carbocycles. The molecule has 38 heavy (non-hydrogen) atoms. The van der Waals surface area contributed by atoms with Gasteiger partial charge in [0.25, 0.3) is 5.91 Å². The third-order valence-corrected chi connectivity index (χ3v) is 8.36. The zero-order chi connectivity index (χ0) is 26.3. The Morgan fingerprint density at radius 1 is 0.974 bits per heavy atom. The highest BCUT2D eigenvalue weighted by atomic mass is 32.2. The highest BCUT2D eigenvalue weighted by Gasteiger charge is 2.32. The minimum absolute atomic E-state index is 0.0101. The Balaban J connectivity index is 1.27. The Kier molecular flexibility index (Phi) is 8.83. The van der Waals surface area contributed by atoms with Gasteiger partial charge in [0.05, 0.1) is 18.8 Å². The van der Waals surface area contributed by atoms with Gasteiger partial charge in [0, 0.05) is 29.8 Å². The molecule has 0 spiro atoms. The van der Waals surface area contributed by atoms with E-state index in [2.05, 4.69) is 15.5 Å². The number of ether oxygens (including phenoxy) is 2. The lowest BCUT2D eigenvalue weighted by molar-refractivity contribution is -0.245. The summed E-state index contributed by atoms with van der Waals surface area (Å²) in [6.45, 7) is 2.39. The molecule has 0 bridgehead atoms. The molecule has 0 saturated carbocycles. The second kappa shape index (κ2) is 12.6. The Hall–Kier alpha value is -3.08. The van der Waals surface area contributed by atoms with E-state index in [0.29, 0.717) is 18.5 Å². The van der Waals surface area contributed by atoms with Gasteiger partial charge in [0.1, 0.15) is 5.01 Å². The Morgan fingerprint density at radius 2 is 1.68 bits per heavy atom. The van der Waals surface area contributed by atoms with Crippen LogP contribution in [0.2, 0.25) is 0 Å². The molecule has 1 aromatic heterocycles. The molecule has 7 nitrogen and oxygen atoms in total. The number of aliphatic hydroxyl groups excluding tert-OH is 1. The lowest BCUT2D eigenvalue weighted by Crippen LogP contribution is -2.31. The second-order valence-electron chi connectivity index (χ2n) is 9.04. The number of thioether (sulfide) groups is 1. The van der Waals surface area contributed by atoms with Gasteiger partial charge in [0.15, 0.2) is 10.6 Å². The molecule has 9 heteroatoms. The van der Waals surface area contributed by atoms with Crippen molar-refractivity contribution in [3.05, 3.63) is 112 Å². The number of aliphatic hydroxyl groups is 1. The third-order valence-electron chi connectivity index (χ3n) is 6.26. The number of carbonyl (C=O) groups is 1. The van der Waals surface area contributed by atoms with Crippen molar-refractivity contribution in [3.63, 3.8) is 0 Å². The highest BCUT2D eigenvalue weighted by molar-refractivity contribution is 8.01. The van der Waals surface area contributed by atoms with E-state index in [1.54, 1.807) is 35.2 Å². The normalized spacial score (nSPS) is 19.3. The molecule has 1 fully saturated rings. The second-order valence-corrected chi connectivity index (χ2v) is 11.5. The van der Waals surface area contributed by atoms with Crippen molar-refractivity contribution in [2.24, 2.45) is 0 Å². The summed E-state index contributed by atoms with van der Waals surface area (Å²) in [7, 11) is 0. The molecular weight excluding hydrogens is 518 g/mol. The largest absolute Gasteiger partial charge is 0.392 e. The van der Waals surface area contributed by atoms with E-state index in [9.17, 15) is 9.90 Å². The zero-order valence-corrected chi connectivity index (χ0v) is 22.6. The SMILES string of the molecule is Cc1nnc(SC[C@H]2C[C@@H](c3ccc(CO)cc3)O[C@@H](c3ccc(CNC(=O)c4ccccc4)cc3)O2)s1. The summed E-state index contributed by atoms with van der Waals surface area (Å²) in [5, 5.41) is 21.7. The number of rotatable bonds is 9. The smallest absolute Gasteiger partial charge is 0.251 e. The van der Waals surface area contributed by atoms with Crippen LogP contribution in [0.4, 0.5) is 0 Å². The van der Waals surface area contributed by atoms with Crippen LogP contribution in [-0.4, -0.2) is 33.1 Å². The van der Waals surface area contributed by atoms with Crippen molar-refractivity contribution in [1.29, 1.82) is 0 Å². The minimum atomic E-state index is -0.527. The molecule has 196 valence electrons. The summed E-state index contributed by atoms with van der Waals surface area (Å²) in [6, 6.07) is 25.0. The number of benzene rings is 3. The standard InChI is InChI=1S/C29H29N3O4S2/c1-19-31-32-29(38-19)37-18-25-15-26(22-11-9-21(17-33)10-12-22)36-28(35-25)24-13-7-20(8-14-24)16-30-27(34)23-5-3-2-4-6-23/h2-14,25-26,28,33H,15-18H2,1H3,(H,30,34)/t25-,26+,28+/m1/s1. The van der Waals surface area contributed by atoms with Crippen LogP contribution in [0.15, 0.2) is 83.2 Å². The van der Waals surface area contributed by atoms with E-state index in [-0.39, 0.29) is 24.7 Å². The molecule has 5 rings (SSSR count). The molecule has 1 aliphatic heterocycles. The van der Waals surface area contributed by atoms with Gasteiger partial charge in [0.2, 0.25) is 0 Å². The summed E-state index contributed by atoms with van der Waals surface area (Å²) < 4.78 is 13.8. The summed E-state index contributed by atoms with van der Waals surface area (Å²) in [4.78, 5) is 12.4. The van der Waals surface area contributed by atoms with Crippen LogP contribution in [0.5, 0.6) is 0 Å². The summed E-state index contributed by atoms with van der Waals surface area (Å²) in [6.07, 6.45) is -0.00650. The first kappa shape index (κ1) is 26.5. The predicted molar refractivity (Wildman–Crippen MR) is 148 cm³/mol. The number of hydrogen-bond acceptors (Lipinski definition) is 8. The molecule has 1 aliphatic rings. The van der Waals surface area contributed by atoms with E-state index in [1.165, 1.54) is 0 Å². The number of amides is 1. The number of nitrogens with zero attached hydrogens (tertiary/aromatic N) is 2. The van der Waals surface area contributed by atoms with Gasteiger partial charge in [-0.15, -0.1) is 10.2 Å². The fraction of sp³-hybridized carbons (Fsp3) is 0.276. The predicted octanol–water partition coefficient (Wildman–Crippen LogP) is 5.61. The number of nitrogens with one attached hydrogen (secondary N) is 1. The first-order valence-corrected chi connectivity index (χ1v) is 14.2. The van der Waals surface area contributed by atoms with Gasteiger partial charge in [-0.1, -0.05) is 89.8 Å². The van der Waals surface area contributed by atoms with Gasteiger partial charge in [-0.25, -0.2) is 0 Å². The summed E-state index contributed by atoms with van der Waals surface area (Å²) in [5.41, 5.74) is 4.47. The van der Waals surface area contributed by atoms with Gasteiger partial charge < -0.3 is 19.9 Å². The van der Waals surface area contributed by atoms with Crippen molar-refractivity contribution in [1.82, 2.24) is 15.5 Å².